The number of aromatic hydroxyl groups is 1. The minimum absolute atomic E-state index is 0.0374. The summed E-state index contributed by atoms with van der Waals surface area (Å²) in [6.45, 7) is 15.2. The van der Waals surface area contributed by atoms with Gasteiger partial charge in [-0.15, -0.1) is 13.2 Å². The molecule has 2 amide bonds. The second-order valence-electron chi connectivity index (χ2n) is 13.9. The summed E-state index contributed by atoms with van der Waals surface area (Å²) in [5.74, 6) is -3.96. The molecule has 64 heavy (non-hydrogen) atoms. The molecule has 0 unspecified atom stereocenters. The molecule has 0 aromatic heterocycles. The monoisotopic (exact) mass is 894 g/mol. The molecule has 0 radical (unpaired) electrons. The van der Waals surface area contributed by atoms with E-state index in [0.29, 0.717) is 33.3 Å². The number of rotatable bonds is 23. The van der Waals surface area contributed by atoms with E-state index in [9.17, 15) is 42.3 Å². The zero-order valence-corrected chi connectivity index (χ0v) is 35.5. The number of allylic oxidation sites excluding steroid dienone is 2. The molecule has 0 aliphatic heterocycles. The third-order valence-electron chi connectivity index (χ3n) is 9.22. The van der Waals surface area contributed by atoms with Crippen LogP contribution in [0.15, 0.2) is 146 Å². The topological polar surface area (TPSA) is 227 Å². The third kappa shape index (κ3) is 13.4. The fourth-order valence-electron chi connectivity index (χ4n) is 5.92. The number of carbonyl (C=O) groups excluding carboxylic acids is 6. The smallest absolute Gasteiger partial charge is 0.417 e. The molecule has 4 rings (SSSR count). The molecule has 0 heterocycles. The highest BCUT2D eigenvalue weighted by Gasteiger charge is 2.37. The quantitative estimate of drug-likeness (QED) is 0.0299. The molecule has 4 aromatic rings. The molecular weight excluding hydrogens is 849 g/mol. The van der Waals surface area contributed by atoms with Crippen LogP contribution in [-0.4, -0.2) is 75.8 Å². The van der Waals surface area contributed by atoms with Gasteiger partial charge in [-0.2, -0.15) is 0 Å². The van der Waals surface area contributed by atoms with Gasteiger partial charge in [-0.3, -0.25) is 14.9 Å². The lowest BCUT2D eigenvalue weighted by molar-refractivity contribution is -0.166. The predicted octanol–water partition coefficient (Wildman–Crippen LogP) is 6.88. The van der Waals surface area contributed by atoms with Gasteiger partial charge in [0.2, 0.25) is 15.7 Å². The third-order valence-corrected chi connectivity index (χ3v) is 11.0. The van der Waals surface area contributed by atoms with Gasteiger partial charge in [0.15, 0.2) is 0 Å². The Bertz CT molecular complexity index is 2540. The number of carbonyl (C=O) groups is 6. The summed E-state index contributed by atoms with van der Waals surface area (Å²) in [5, 5.41) is 16.6. The number of hydrogen-bond donors (Lipinski definition) is 3. The number of benzene rings is 4. The van der Waals surface area contributed by atoms with Crippen molar-refractivity contribution in [2.45, 2.75) is 35.5 Å². The Kier molecular flexibility index (Phi) is 17.5. The van der Waals surface area contributed by atoms with Crippen LogP contribution in [0.5, 0.6) is 11.5 Å². The van der Waals surface area contributed by atoms with Crippen LogP contribution < -0.4 is 15.4 Å². The van der Waals surface area contributed by atoms with Crippen molar-refractivity contribution >= 4 is 67.9 Å². The van der Waals surface area contributed by atoms with E-state index in [1.165, 1.54) is 42.5 Å². The molecule has 0 aliphatic carbocycles. The van der Waals surface area contributed by atoms with Gasteiger partial charge >= 0.3 is 30.0 Å². The number of esters is 4. The Morgan fingerprint density at radius 3 is 1.62 bits per heavy atom. The van der Waals surface area contributed by atoms with Crippen LogP contribution in [0.3, 0.4) is 0 Å². The van der Waals surface area contributed by atoms with Crippen molar-refractivity contribution in [2.75, 3.05) is 37.1 Å². The minimum Gasteiger partial charge on any atom is -0.508 e. The molecule has 334 valence electrons. The molecule has 0 spiro atoms. The first-order chi connectivity index (χ1) is 30.6. The summed E-state index contributed by atoms with van der Waals surface area (Å²) >= 11 is 0. The van der Waals surface area contributed by atoms with Gasteiger partial charge in [0, 0.05) is 46.7 Å². The minimum atomic E-state index is -4.04. The summed E-state index contributed by atoms with van der Waals surface area (Å²) in [7, 11) is -4.04. The molecule has 4 aromatic carbocycles. The summed E-state index contributed by atoms with van der Waals surface area (Å²) in [6.07, 6.45) is 4.48. The first kappa shape index (κ1) is 48.9. The first-order valence-electron chi connectivity index (χ1n) is 19.3. The van der Waals surface area contributed by atoms with Crippen molar-refractivity contribution in [3.63, 3.8) is 0 Å². The zero-order valence-electron chi connectivity index (χ0n) is 34.7. The van der Waals surface area contributed by atoms with Gasteiger partial charge in [0.05, 0.1) is 21.9 Å². The maximum Gasteiger partial charge on any atom is 0.417 e. The van der Waals surface area contributed by atoms with Crippen LogP contribution in [-0.2, 0) is 65.6 Å². The Balaban J connectivity index is 1.44. The summed E-state index contributed by atoms with van der Waals surface area (Å²) in [4.78, 5) is 74.7. The SMILES string of the molecule is C=CCc1cc(S(=O)(=O)c2ccc(OC(=O)Nc3cccc4c(NC(=O)CCC(=O)OCC(COC(=O)C=C)(COC(=O)C=C)COC(=O)C=C)cccc34)c(CC=C)c2)ccc1O. The second-order valence-corrected chi connectivity index (χ2v) is 15.9. The van der Waals surface area contributed by atoms with E-state index in [2.05, 4.69) is 43.5 Å². The molecule has 16 nitrogen and oxygen atoms in total. The number of fused-ring (bicyclic) bond motifs is 1. The second kappa shape index (κ2) is 22.9. The standard InChI is InChI=1S/C47H46N2O14S/c1-6-13-31-25-33(19-21-39(31)50)64(57,58)34-20-22-40(32(26-34)14-7-2)63-46(56)49-38-18-12-15-35-36(38)16-11-17-37(35)48-41(51)23-24-45(55)62-30-47(27-59-42(52)8-3,28-60-43(53)9-4)29-61-44(54)10-5/h6-12,15-22,25-26,50H,1-5,13-14,23-24,27-30H2,(H,48,51)(H,49,56). The summed E-state index contributed by atoms with van der Waals surface area (Å²) in [5.41, 5.74) is -0.140. The maximum absolute atomic E-state index is 13.6. The van der Waals surface area contributed by atoms with E-state index < -0.39 is 84.0 Å². The van der Waals surface area contributed by atoms with Gasteiger partial charge in [-0.1, -0.05) is 56.2 Å². The number of anilines is 2. The van der Waals surface area contributed by atoms with Crippen LogP contribution in [0, 0.1) is 5.41 Å². The lowest BCUT2D eigenvalue weighted by Gasteiger charge is -2.31. The lowest BCUT2D eigenvalue weighted by atomic mass is 9.92. The molecule has 0 fully saturated rings. The van der Waals surface area contributed by atoms with Crippen molar-refractivity contribution in [2.24, 2.45) is 5.41 Å². The molecule has 0 bridgehead atoms. The highest BCUT2D eigenvalue weighted by atomic mass is 32.2. The van der Waals surface area contributed by atoms with E-state index in [0.717, 1.165) is 18.2 Å². The summed E-state index contributed by atoms with van der Waals surface area (Å²) < 4.78 is 53.5. The Hall–Kier alpha value is -7.79. The average molecular weight is 895 g/mol. The largest absolute Gasteiger partial charge is 0.508 e. The van der Waals surface area contributed by atoms with Crippen LogP contribution in [0.4, 0.5) is 16.2 Å². The number of phenolic OH excluding ortho intramolecular Hbond substituents is 1. The molecule has 0 aliphatic rings. The molecular formula is C47H46N2O14S. The predicted molar refractivity (Wildman–Crippen MR) is 236 cm³/mol. The van der Waals surface area contributed by atoms with E-state index >= 15 is 0 Å². The average Bonchev–Trinajstić information content (AvgIpc) is 3.28. The first-order valence-corrected chi connectivity index (χ1v) is 20.8. The lowest BCUT2D eigenvalue weighted by Crippen LogP contribution is -2.43. The highest BCUT2D eigenvalue weighted by Crippen LogP contribution is 2.32. The highest BCUT2D eigenvalue weighted by molar-refractivity contribution is 7.91. The zero-order chi connectivity index (χ0) is 46.9. The molecule has 0 saturated carbocycles. The van der Waals surface area contributed by atoms with Crippen molar-refractivity contribution < 1.29 is 66.0 Å². The fraction of sp³-hybridized carbons (Fsp3) is 0.191. The van der Waals surface area contributed by atoms with Crippen molar-refractivity contribution in [1.29, 1.82) is 0 Å². The van der Waals surface area contributed by atoms with E-state index in [1.54, 1.807) is 42.5 Å². The van der Waals surface area contributed by atoms with E-state index in [1.807, 2.05) is 0 Å². The van der Waals surface area contributed by atoms with Gasteiger partial charge < -0.3 is 34.1 Å². The maximum atomic E-state index is 13.6. The summed E-state index contributed by atoms with van der Waals surface area (Å²) in [6, 6.07) is 17.9. The fourth-order valence-corrected chi connectivity index (χ4v) is 7.28. The van der Waals surface area contributed by atoms with Gasteiger partial charge in [0.25, 0.3) is 0 Å². The van der Waals surface area contributed by atoms with Crippen LogP contribution in [0.2, 0.25) is 0 Å². The number of phenols is 1. The van der Waals surface area contributed by atoms with Crippen LogP contribution >= 0.6 is 0 Å². The van der Waals surface area contributed by atoms with Gasteiger partial charge in [0.1, 0.15) is 43.3 Å². The Labute approximate surface area is 369 Å². The molecule has 0 saturated heterocycles. The van der Waals surface area contributed by atoms with Gasteiger partial charge in [-0.25, -0.2) is 27.6 Å². The number of ether oxygens (including phenoxy) is 5. The van der Waals surface area contributed by atoms with E-state index in [-0.39, 0.29) is 40.6 Å². The number of hydrogen-bond acceptors (Lipinski definition) is 14. The Morgan fingerprint density at radius 2 is 1.09 bits per heavy atom. The Morgan fingerprint density at radius 1 is 0.609 bits per heavy atom. The number of nitrogens with one attached hydrogen (secondary N) is 2. The van der Waals surface area contributed by atoms with Gasteiger partial charge in [-0.05, 0) is 66.9 Å². The van der Waals surface area contributed by atoms with Crippen molar-refractivity contribution in [3.05, 3.63) is 147 Å². The molecule has 0 atom stereocenters. The van der Waals surface area contributed by atoms with Crippen molar-refractivity contribution in [1.82, 2.24) is 0 Å². The number of amides is 2. The van der Waals surface area contributed by atoms with Crippen LogP contribution in [0.25, 0.3) is 10.8 Å². The van der Waals surface area contributed by atoms with E-state index in [4.69, 9.17) is 23.7 Å². The van der Waals surface area contributed by atoms with Crippen LogP contribution in [0.1, 0.15) is 24.0 Å². The normalized spacial score (nSPS) is 10.9. The van der Waals surface area contributed by atoms with Crippen molar-refractivity contribution in [3.8, 4) is 11.5 Å². The number of sulfone groups is 1. The molecule has 3 N–H and O–H groups in total. The molecule has 17 heteroatoms.